The molecule has 0 fully saturated rings. The number of hydrogen-bond acceptors (Lipinski definition) is 40. The first-order valence-corrected chi connectivity index (χ1v) is 44.1. The van der Waals surface area contributed by atoms with Crippen molar-refractivity contribution in [2.45, 2.75) is 66.2 Å². The number of imidazole rings is 1. The molecule has 4 aromatic heterocycles. The van der Waals surface area contributed by atoms with Gasteiger partial charge in [0.25, 0.3) is 56.3 Å². The fraction of sp³-hybridized carbons (Fsp3) is 0.222. The van der Waals surface area contributed by atoms with Gasteiger partial charge in [-0.25, -0.2) is 4.98 Å². The van der Waals surface area contributed by atoms with Gasteiger partial charge in [-0.15, -0.1) is 79.5 Å². The number of aromatic hydroxyl groups is 1. The number of aryl methyl sites for hydroxylation is 2. The van der Waals surface area contributed by atoms with Crippen LogP contribution in [-0.4, -0.2) is 167 Å². The minimum atomic E-state index is -5.11. The summed E-state index contributed by atoms with van der Waals surface area (Å²) in [6.45, 7) is 4.33. The Labute approximate surface area is 674 Å². The fourth-order valence-electron chi connectivity index (χ4n) is 9.98. The zero-order valence-corrected chi connectivity index (χ0v) is 67.5. The number of nitro groups is 1. The highest BCUT2D eigenvalue weighted by Gasteiger charge is 2.25. The molecule has 0 aliphatic heterocycles. The number of non-ortho nitro benzene ring substituents is 1. The third-order valence-corrected chi connectivity index (χ3v) is 21.6. The van der Waals surface area contributed by atoms with E-state index in [0.29, 0.717) is 34.2 Å². The van der Waals surface area contributed by atoms with Gasteiger partial charge < -0.3 is 34.9 Å². The fourth-order valence-corrected chi connectivity index (χ4v) is 14.9. The summed E-state index contributed by atoms with van der Waals surface area (Å²) in [5, 5.41) is 78.4. The van der Waals surface area contributed by atoms with Crippen LogP contribution >= 0.6 is 23.5 Å². The van der Waals surface area contributed by atoms with Gasteiger partial charge in [0, 0.05) is 45.3 Å². The van der Waals surface area contributed by atoms with E-state index in [4.69, 9.17) is 39.1 Å². The normalized spacial score (nSPS) is 12.0. The Balaban J connectivity index is 0.00000204. The molecule has 54 heteroatoms. The number of rotatable bonds is 34. The molecular weight excluding hydrogens is 1730 g/mol. The quantitative estimate of drug-likeness (QED) is 0.00452. The maximum atomic E-state index is 12.4. The number of benzene rings is 6. The Kier molecular flexibility index (Phi) is 30.7. The Bertz CT molecular complexity index is 6480. The number of hydrogen-bond donors (Lipinski definition) is 9. The highest BCUT2D eigenvalue weighted by Crippen LogP contribution is 2.46. The molecule has 618 valence electrons. The predicted octanol–water partition coefficient (Wildman–Crippen LogP) is 12.3. The Morgan fingerprint density at radius 2 is 1.15 bits per heavy atom. The highest BCUT2D eigenvalue weighted by molar-refractivity contribution is 7.99. The summed E-state index contributed by atoms with van der Waals surface area (Å²) in [6.07, 6.45) is 0.944. The minimum absolute atomic E-state index is 0.000739. The van der Waals surface area contributed by atoms with Crippen molar-refractivity contribution in [3.05, 3.63) is 154 Å². The first-order valence-electron chi connectivity index (χ1n) is 32.4. The highest BCUT2D eigenvalue weighted by atomic mass is 32.2. The molecule has 0 aliphatic rings. The van der Waals surface area contributed by atoms with Crippen molar-refractivity contribution < 1.29 is 114 Å². The van der Waals surface area contributed by atoms with E-state index in [9.17, 15) is 85.3 Å². The Hall–Kier alpha value is -11.9. The lowest BCUT2D eigenvalue weighted by Crippen LogP contribution is -2.09. The third-order valence-electron chi connectivity index (χ3n) is 15.2. The van der Waals surface area contributed by atoms with Gasteiger partial charge in [0.1, 0.15) is 56.5 Å². The molecule has 4 heterocycles. The standard InChI is InChI=1S/C63H60N18O21S7.2O3S/c1-35-24-50(76-79-58-37(3)43(33-64)59-67-49-28-40(100-4)14-16-53(49)80(59)60(58)82)54(102-18-7-21-105(85,86)87)30-45(35)73-78-52-29-47(68-63-70-61(65-34-41-11-6-17-101-41)69-62(71-63)66-38-10-5-12-42(26-38)108(94,95)96)48(32-56(52)104-20-9-23-107(91,92)93)75-77-51-25-36(2)46(31-55(51)103-19-8-22-106(88,89)90)74-72-44-15-13-39(81(83)84)27-57(44)109(97,98)99;2*1-4(2)3/h5-6,10-17,24-32,82H,7-9,18-23,34H2,1-4H3,(H,85,86,87)(H,88,89,90)(H,91,92,93)(H,94,95,96)(H,97,98,99)(H3,65,66,68,69,70,71);;. The lowest BCUT2D eigenvalue weighted by atomic mass is 10.1. The van der Waals surface area contributed by atoms with Gasteiger partial charge in [0.2, 0.25) is 23.7 Å². The van der Waals surface area contributed by atoms with Crippen LogP contribution in [0.25, 0.3) is 16.7 Å². The average Bonchev–Trinajstić information content (AvgIpc) is 1.59. The molecule has 0 atom stereocenters. The van der Waals surface area contributed by atoms with Crippen molar-refractivity contribution >= 4 is 192 Å². The molecule has 10 rings (SSSR count). The molecular formula is C63H60N18O27S9. The van der Waals surface area contributed by atoms with Crippen LogP contribution in [0.5, 0.6) is 17.4 Å². The summed E-state index contributed by atoms with van der Waals surface area (Å²) in [7, 11) is -28.0. The maximum Gasteiger partial charge on any atom is 0.425 e. The zero-order valence-electron chi connectivity index (χ0n) is 60.2. The summed E-state index contributed by atoms with van der Waals surface area (Å²) in [6, 6.07) is 26.3. The van der Waals surface area contributed by atoms with Crippen molar-refractivity contribution in [1.29, 1.82) is 5.26 Å². The first kappa shape index (κ1) is 90.7. The molecule has 10 aromatic rings. The number of anilines is 5. The molecule has 0 saturated carbocycles. The second-order valence-electron chi connectivity index (χ2n) is 23.5. The van der Waals surface area contributed by atoms with Gasteiger partial charge in [0.15, 0.2) is 11.3 Å². The molecule has 117 heavy (non-hydrogen) atoms. The first-order chi connectivity index (χ1) is 55.0. The number of nitrogens with one attached hydrogen (secondary N) is 3. The van der Waals surface area contributed by atoms with Gasteiger partial charge >= 0.3 is 21.2 Å². The number of nitro benzene ring substituents is 1. The maximum absolute atomic E-state index is 12.4. The average molecular weight is 1790 g/mol. The van der Waals surface area contributed by atoms with Crippen LogP contribution in [0.3, 0.4) is 0 Å². The van der Waals surface area contributed by atoms with Crippen LogP contribution in [0.2, 0.25) is 0 Å². The van der Waals surface area contributed by atoms with E-state index in [1.807, 2.05) is 0 Å². The van der Waals surface area contributed by atoms with Crippen LogP contribution < -0.4 is 25.4 Å². The number of pyridine rings is 1. The summed E-state index contributed by atoms with van der Waals surface area (Å²) >= 11 is 2.01. The lowest BCUT2D eigenvalue weighted by molar-refractivity contribution is -0.385. The van der Waals surface area contributed by atoms with Gasteiger partial charge in [-0.3, -0.25) is 37.3 Å². The number of azo groups is 4. The number of fused-ring (bicyclic) bond motifs is 3. The van der Waals surface area contributed by atoms with E-state index in [0.717, 1.165) is 47.8 Å². The van der Waals surface area contributed by atoms with Crippen LogP contribution in [0, 0.1) is 42.2 Å². The molecule has 0 unspecified atom stereocenters. The number of furan rings is 1. The van der Waals surface area contributed by atoms with Crippen molar-refractivity contribution in [3.63, 3.8) is 0 Å². The van der Waals surface area contributed by atoms with Crippen molar-refractivity contribution in [1.82, 2.24) is 24.3 Å². The Morgan fingerprint density at radius 3 is 1.72 bits per heavy atom. The van der Waals surface area contributed by atoms with Crippen molar-refractivity contribution in [3.8, 4) is 23.4 Å². The summed E-state index contributed by atoms with van der Waals surface area (Å²) < 4.78 is 239. The topological polar surface area (TPSA) is 684 Å². The number of nitrogens with zero attached hydrogens (tertiary/aromatic N) is 15. The second kappa shape index (κ2) is 39.7. The summed E-state index contributed by atoms with van der Waals surface area (Å²) in [4.78, 5) is 27.8. The van der Waals surface area contributed by atoms with E-state index in [1.165, 1.54) is 80.2 Å². The molecule has 0 saturated heterocycles. The van der Waals surface area contributed by atoms with E-state index in [1.54, 1.807) is 37.3 Å². The largest absolute Gasteiger partial charge is 0.497 e. The van der Waals surface area contributed by atoms with E-state index >= 15 is 0 Å². The lowest BCUT2D eigenvalue weighted by Gasteiger charge is -2.15. The van der Waals surface area contributed by atoms with Gasteiger partial charge in [0.05, 0.1) is 87.4 Å². The monoisotopic (exact) mass is 1790 g/mol. The zero-order chi connectivity index (χ0) is 85.9. The SMILES string of the molecule is COc1ccc2c(c1)nc1c(C#N)c(C)c(N=Nc3cc(C)c(N=Nc4cc(Nc5nc(NCc6ccco6)nc(Nc6cccc(S(=O)(=O)O)c6)n5)c(N=Nc5cc(C)c(N=Nc6ccc([N+](=O)[O-])cc6S(=O)(=O)O)cc5SCCCS(=O)(=O)O)cc4SCCCS(=O)(=O)O)cc3OCCCS(=O)(=O)O)c(O)n12.O=S(=O)=O.O=S(=O)=O. The minimum Gasteiger partial charge on any atom is -0.497 e. The molecule has 9 N–H and O–H groups in total. The Morgan fingerprint density at radius 1 is 0.598 bits per heavy atom. The van der Waals surface area contributed by atoms with Crippen LogP contribution in [0.15, 0.2) is 180 Å². The number of nitriles is 1. The van der Waals surface area contributed by atoms with E-state index in [-0.39, 0.29) is 151 Å². The summed E-state index contributed by atoms with van der Waals surface area (Å²) in [5.41, 5.74) is 0.514. The van der Waals surface area contributed by atoms with Gasteiger partial charge in [-0.2, -0.15) is 72.5 Å². The third kappa shape index (κ3) is 27.1. The van der Waals surface area contributed by atoms with Crippen LogP contribution in [0.1, 0.15) is 47.3 Å². The molecule has 0 radical (unpaired) electrons. The number of ether oxygens (including phenoxy) is 2. The van der Waals surface area contributed by atoms with Crippen LogP contribution in [0.4, 0.5) is 80.4 Å². The van der Waals surface area contributed by atoms with Gasteiger partial charge in [-0.1, -0.05) is 6.07 Å². The molecule has 0 amide bonds. The van der Waals surface area contributed by atoms with Crippen molar-refractivity contribution in [2.24, 2.45) is 40.9 Å². The van der Waals surface area contributed by atoms with Crippen molar-refractivity contribution in [2.75, 3.05) is 58.4 Å². The smallest absolute Gasteiger partial charge is 0.425 e. The molecule has 0 spiro atoms. The molecule has 0 aliphatic carbocycles. The summed E-state index contributed by atoms with van der Waals surface area (Å²) in [5.74, 6) is -2.33. The van der Waals surface area contributed by atoms with Crippen LogP contribution in [-0.2, 0) is 78.4 Å². The second-order valence-corrected chi connectivity index (χ2v) is 34.1. The molecule has 45 nitrogen and oxygen atoms in total. The molecule has 6 aromatic carbocycles. The number of methoxy groups -OCH3 is 1. The molecule has 0 bridgehead atoms. The number of aromatic nitrogens is 5. The van der Waals surface area contributed by atoms with E-state index in [2.05, 4.69) is 82.9 Å². The van der Waals surface area contributed by atoms with E-state index < -0.39 is 121 Å². The van der Waals surface area contributed by atoms with Gasteiger partial charge in [-0.05, 0) is 142 Å². The number of thioether (sulfide) groups is 2. The predicted molar refractivity (Wildman–Crippen MR) is 417 cm³/mol.